The predicted octanol–water partition coefficient (Wildman–Crippen LogP) is 4.43. The van der Waals surface area contributed by atoms with E-state index >= 15 is 0 Å². The minimum absolute atomic E-state index is 0.00132. The van der Waals surface area contributed by atoms with Crippen LogP contribution in [-0.4, -0.2) is 16.7 Å². The lowest BCUT2D eigenvalue weighted by molar-refractivity contribution is -0.137. The van der Waals surface area contributed by atoms with E-state index in [0.717, 1.165) is 43.5 Å². The SMILES string of the molecule is CC1(CC(=Nc2cccc(=O)[nH]2)NC(=O)c2ccc(C(F)(F)F)cc2)CCC1. The normalized spacial score (nSPS) is 16.4. The Bertz CT molecular complexity index is 942. The van der Waals surface area contributed by atoms with Gasteiger partial charge in [0.1, 0.15) is 11.7 Å². The summed E-state index contributed by atoms with van der Waals surface area (Å²) >= 11 is 0. The number of rotatable bonds is 4. The maximum Gasteiger partial charge on any atom is 0.416 e. The highest BCUT2D eigenvalue weighted by molar-refractivity contribution is 6.07. The van der Waals surface area contributed by atoms with Crippen LogP contribution in [0.25, 0.3) is 0 Å². The first kappa shape index (κ1) is 19.9. The van der Waals surface area contributed by atoms with E-state index < -0.39 is 17.6 Å². The van der Waals surface area contributed by atoms with E-state index in [1.807, 2.05) is 0 Å². The Labute approximate surface area is 159 Å². The fourth-order valence-electron chi connectivity index (χ4n) is 3.13. The van der Waals surface area contributed by atoms with Gasteiger partial charge in [-0.2, -0.15) is 13.2 Å². The summed E-state index contributed by atoms with van der Waals surface area (Å²) in [5, 5.41) is 2.69. The molecule has 1 aromatic carbocycles. The Morgan fingerprint density at radius 1 is 1.18 bits per heavy atom. The maximum absolute atomic E-state index is 12.7. The number of hydrogen-bond acceptors (Lipinski definition) is 3. The van der Waals surface area contributed by atoms with Crippen LogP contribution in [-0.2, 0) is 6.18 Å². The van der Waals surface area contributed by atoms with Crippen molar-refractivity contribution in [2.75, 3.05) is 0 Å². The van der Waals surface area contributed by atoms with Crippen molar-refractivity contribution in [2.24, 2.45) is 10.4 Å². The quantitative estimate of drug-likeness (QED) is 0.598. The molecule has 1 fully saturated rings. The van der Waals surface area contributed by atoms with E-state index in [-0.39, 0.29) is 16.5 Å². The zero-order chi connectivity index (χ0) is 20.4. The number of hydrogen-bond donors (Lipinski definition) is 2. The number of amidine groups is 1. The van der Waals surface area contributed by atoms with Crippen LogP contribution in [0.5, 0.6) is 0 Å². The molecular formula is C20H20F3N3O2. The number of nitrogens with one attached hydrogen (secondary N) is 2. The summed E-state index contributed by atoms with van der Waals surface area (Å²) in [7, 11) is 0. The number of pyridine rings is 1. The van der Waals surface area contributed by atoms with Gasteiger partial charge in [-0.15, -0.1) is 0 Å². The zero-order valence-electron chi connectivity index (χ0n) is 15.3. The van der Waals surface area contributed by atoms with Gasteiger partial charge in [0.25, 0.3) is 5.91 Å². The van der Waals surface area contributed by atoms with Crippen LogP contribution in [0.4, 0.5) is 19.0 Å². The third-order valence-electron chi connectivity index (χ3n) is 4.90. The zero-order valence-corrected chi connectivity index (χ0v) is 15.3. The Kier molecular flexibility index (Phi) is 5.40. The first-order chi connectivity index (χ1) is 13.1. The molecule has 2 aromatic rings. The van der Waals surface area contributed by atoms with Crippen molar-refractivity contribution in [1.82, 2.24) is 10.3 Å². The van der Waals surface area contributed by atoms with Crippen LogP contribution < -0.4 is 10.9 Å². The molecule has 0 spiro atoms. The van der Waals surface area contributed by atoms with Crippen molar-refractivity contribution in [2.45, 2.75) is 38.8 Å². The van der Waals surface area contributed by atoms with Crippen LogP contribution >= 0.6 is 0 Å². The lowest BCUT2D eigenvalue weighted by Crippen LogP contribution is -2.37. The van der Waals surface area contributed by atoms with Crippen LogP contribution in [0.2, 0.25) is 0 Å². The molecule has 1 heterocycles. The van der Waals surface area contributed by atoms with Gasteiger partial charge in [-0.05, 0) is 48.6 Å². The van der Waals surface area contributed by atoms with Gasteiger partial charge in [0.15, 0.2) is 0 Å². The highest BCUT2D eigenvalue weighted by Crippen LogP contribution is 2.43. The van der Waals surface area contributed by atoms with Gasteiger partial charge < -0.3 is 10.3 Å². The van der Waals surface area contributed by atoms with E-state index in [1.54, 1.807) is 12.1 Å². The predicted molar refractivity (Wildman–Crippen MR) is 99.6 cm³/mol. The van der Waals surface area contributed by atoms with Gasteiger partial charge in [0, 0.05) is 18.1 Å². The fourth-order valence-corrected chi connectivity index (χ4v) is 3.13. The van der Waals surface area contributed by atoms with Gasteiger partial charge in [0.05, 0.1) is 5.56 Å². The molecule has 8 heteroatoms. The second-order valence-electron chi connectivity index (χ2n) is 7.33. The molecule has 3 rings (SSSR count). The van der Waals surface area contributed by atoms with Crippen molar-refractivity contribution in [3.8, 4) is 0 Å². The summed E-state index contributed by atoms with van der Waals surface area (Å²) in [4.78, 5) is 30.9. The van der Waals surface area contributed by atoms with Gasteiger partial charge in [-0.1, -0.05) is 19.4 Å². The van der Waals surface area contributed by atoms with Crippen molar-refractivity contribution in [3.63, 3.8) is 0 Å². The minimum Gasteiger partial charge on any atom is -0.310 e. The molecule has 1 aliphatic rings. The van der Waals surface area contributed by atoms with E-state index in [4.69, 9.17) is 0 Å². The van der Waals surface area contributed by atoms with Crippen LogP contribution in [0.15, 0.2) is 52.3 Å². The molecule has 0 aliphatic heterocycles. The Balaban J connectivity index is 1.82. The molecule has 5 nitrogen and oxygen atoms in total. The number of carbonyl (C=O) groups is 1. The molecule has 0 radical (unpaired) electrons. The third kappa shape index (κ3) is 4.88. The number of aromatic nitrogens is 1. The van der Waals surface area contributed by atoms with E-state index in [9.17, 15) is 22.8 Å². The monoisotopic (exact) mass is 391 g/mol. The van der Waals surface area contributed by atoms with Crippen molar-refractivity contribution < 1.29 is 18.0 Å². The van der Waals surface area contributed by atoms with Crippen LogP contribution in [0.1, 0.15) is 48.5 Å². The number of benzene rings is 1. The molecule has 0 unspecified atom stereocenters. The number of halogens is 3. The first-order valence-electron chi connectivity index (χ1n) is 8.90. The number of aliphatic imine (C=N–C) groups is 1. The van der Waals surface area contributed by atoms with Crippen LogP contribution in [0, 0.1) is 5.41 Å². The van der Waals surface area contributed by atoms with Crippen molar-refractivity contribution in [1.29, 1.82) is 0 Å². The first-order valence-corrected chi connectivity index (χ1v) is 8.90. The minimum atomic E-state index is -4.46. The smallest absolute Gasteiger partial charge is 0.310 e. The summed E-state index contributed by atoms with van der Waals surface area (Å²) < 4.78 is 38.1. The average molecular weight is 391 g/mol. The average Bonchev–Trinajstić information content (AvgIpc) is 2.59. The number of H-pyrrole nitrogens is 1. The molecule has 1 aromatic heterocycles. The van der Waals surface area contributed by atoms with Gasteiger partial charge in [-0.25, -0.2) is 4.99 Å². The number of aromatic amines is 1. The highest BCUT2D eigenvalue weighted by atomic mass is 19.4. The molecule has 1 aliphatic carbocycles. The molecule has 1 saturated carbocycles. The van der Waals surface area contributed by atoms with Crippen molar-refractivity contribution in [3.05, 3.63) is 63.9 Å². The summed E-state index contributed by atoms with van der Waals surface area (Å²) in [6.07, 6.45) is -0.879. The summed E-state index contributed by atoms with van der Waals surface area (Å²) in [5.41, 5.74) is -1.03. The van der Waals surface area contributed by atoms with E-state index in [1.165, 1.54) is 6.07 Å². The molecule has 0 atom stereocenters. The number of amides is 1. The van der Waals surface area contributed by atoms with E-state index in [2.05, 4.69) is 22.2 Å². The van der Waals surface area contributed by atoms with Gasteiger partial charge >= 0.3 is 6.18 Å². The molecule has 0 saturated heterocycles. The molecule has 0 bridgehead atoms. The Morgan fingerprint density at radius 3 is 2.39 bits per heavy atom. The summed E-state index contributed by atoms with van der Waals surface area (Å²) in [5.74, 6) is 0.126. The summed E-state index contributed by atoms with van der Waals surface area (Å²) in [6.45, 7) is 2.09. The van der Waals surface area contributed by atoms with Crippen molar-refractivity contribution >= 4 is 17.6 Å². The highest BCUT2D eigenvalue weighted by Gasteiger charge is 2.34. The Hall–Kier alpha value is -2.90. The van der Waals surface area contributed by atoms with Gasteiger partial charge in [-0.3, -0.25) is 9.59 Å². The lowest BCUT2D eigenvalue weighted by Gasteiger charge is -2.38. The standard InChI is InChI=1S/C20H20F3N3O2/c1-19(10-3-11-19)12-16(24-15-4-2-5-17(27)25-15)26-18(28)13-6-8-14(9-7-13)20(21,22)23/h2,4-9H,3,10-12H2,1H3,(H2,24,25,26,27,28). The Morgan fingerprint density at radius 2 is 1.86 bits per heavy atom. The molecule has 148 valence electrons. The van der Waals surface area contributed by atoms with Crippen LogP contribution in [0.3, 0.4) is 0 Å². The maximum atomic E-state index is 12.7. The second-order valence-corrected chi connectivity index (χ2v) is 7.33. The number of carbonyl (C=O) groups excluding carboxylic acids is 1. The lowest BCUT2D eigenvalue weighted by atomic mass is 9.68. The topological polar surface area (TPSA) is 74.3 Å². The number of alkyl halides is 3. The molecule has 1 amide bonds. The molecule has 28 heavy (non-hydrogen) atoms. The molecular weight excluding hydrogens is 371 g/mol. The molecule has 2 N–H and O–H groups in total. The second kappa shape index (κ2) is 7.61. The fraction of sp³-hybridized carbons (Fsp3) is 0.350. The van der Waals surface area contributed by atoms with E-state index in [0.29, 0.717) is 18.1 Å². The van der Waals surface area contributed by atoms with Gasteiger partial charge in [0.2, 0.25) is 5.56 Å². The number of nitrogens with zero attached hydrogens (tertiary/aromatic N) is 1. The summed E-state index contributed by atoms with van der Waals surface area (Å²) in [6, 6.07) is 8.51. The third-order valence-corrected chi connectivity index (χ3v) is 4.90. The largest absolute Gasteiger partial charge is 0.416 e.